The van der Waals surface area contributed by atoms with Crippen molar-refractivity contribution in [3.8, 4) is 11.5 Å². The van der Waals surface area contributed by atoms with Crippen LogP contribution in [0.1, 0.15) is 27.7 Å². The highest BCUT2D eigenvalue weighted by Gasteiger charge is 2.27. The Morgan fingerprint density at radius 2 is 1.66 bits per heavy atom. The van der Waals surface area contributed by atoms with Crippen LogP contribution >= 0.6 is 0 Å². The molecule has 1 aromatic heterocycles. The largest absolute Gasteiger partial charge is 0.491 e. The van der Waals surface area contributed by atoms with Crippen LogP contribution in [0.5, 0.6) is 11.5 Å². The van der Waals surface area contributed by atoms with Crippen LogP contribution in [0, 0.1) is 0 Å². The molecule has 0 bridgehead atoms. The van der Waals surface area contributed by atoms with Crippen molar-refractivity contribution < 1.29 is 24.1 Å². The zero-order valence-corrected chi connectivity index (χ0v) is 23.4. The van der Waals surface area contributed by atoms with Crippen LogP contribution in [0.2, 0.25) is 0 Å². The highest BCUT2D eigenvalue weighted by atomic mass is 16.5. The lowest BCUT2D eigenvalue weighted by molar-refractivity contribution is 0.0404. The van der Waals surface area contributed by atoms with Crippen molar-refractivity contribution in [1.82, 2.24) is 14.8 Å². The van der Waals surface area contributed by atoms with E-state index in [4.69, 9.17) is 19.9 Å². The number of aromatic amines is 1. The normalized spacial score (nSPS) is 16.0. The molecule has 0 spiro atoms. The second-order valence-corrected chi connectivity index (χ2v) is 10.3. The second-order valence-electron chi connectivity index (χ2n) is 10.3. The molecule has 4 aromatic rings. The number of methoxy groups -OCH3 is 1. The lowest BCUT2D eigenvalue weighted by Crippen LogP contribution is -2.50. The third-order valence-electron chi connectivity index (χ3n) is 7.43. The van der Waals surface area contributed by atoms with Gasteiger partial charge < -0.3 is 30.0 Å². The Balaban J connectivity index is 1.17. The number of piperazine rings is 1. The number of amides is 1. The molecule has 0 radical (unpaired) electrons. The number of nitrogens with one attached hydrogen (secondary N) is 1. The van der Waals surface area contributed by atoms with Gasteiger partial charge in [-0.1, -0.05) is 48.5 Å². The summed E-state index contributed by atoms with van der Waals surface area (Å²) in [7, 11) is 1.67. The lowest BCUT2D eigenvalue weighted by Gasteiger charge is -2.40. The van der Waals surface area contributed by atoms with Gasteiger partial charge in [0.1, 0.15) is 36.5 Å². The van der Waals surface area contributed by atoms with E-state index in [9.17, 15) is 9.90 Å². The van der Waals surface area contributed by atoms with Crippen molar-refractivity contribution in [2.45, 2.75) is 12.1 Å². The van der Waals surface area contributed by atoms with Crippen molar-refractivity contribution in [3.63, 3.8) is 0 Å². The number of carbonyl (C=O) groups is 1. The Labute approximate surface area is 240 Å². The second kappa shape index (κ2) is 13.6. The Morgan fingerprint density at radius 3 is 2.37 bits per heavy atom. The van der Waals surface area contributed by atoms with Gasteiger partial charge in [-0.15, -0.1) is 0 Å². The first kappa shape index (κ1) is 28.6. The van der Waals surface area contributed by atoms with Crippen molar-refractivity contribution >= 4 is 16.8 Å². The van der Waals surface area contributed by atoms with Crippen LogP contribution in [0.25, 0.3) is 10.9 Å². The number of ether oxygens (including phenoxy) is 3. The Hall–Kier alpha value is -3.89. The van der Waals surface area contributed by atoms with Crippen LogP contribution < -0.4 is 15.2 Å². The minimum absolute atomic E-state index is 0.131. The summed E-state index contributed by atoms with van der Waals surface area (Å²) in [4.78, 5) is 19.3. The van der Waals surface area contributed by atoms with Gasteiger partial charge in [0.15, 0.2) is 0 Å². The van der Waals surface area contributed by atoms with E-state index in [1.807, 2.05) is 36.4 Å². The number of rotatable bonds is 13. The number of carbonyl (C=O) groups excluding carboxylic acids is 1. The van der Waals surface area contributed by atoms with E-state index < -0.39 is 12.0 Å². The molecule has 3 aromatic carbocycles. The summed E-state index contributed by atoms with van der Waals surface area (Å²) in [5.41, 5.74) is 8.97. The number of aliphatic hydroxyl groups is 1. The van der Waals surface area contributed by atoms with Crippen molar-refractivity contribution in [3.05, 3.63) is 95.7 Å². The van der Waals surface area contributed by atoms with E-state index in [0.29, 0.717) is 31.2 Å². The number of nitrogens with two attached hydrogens (primary N) is 1. The lowest BCUT2D eigenvalue weighted by atomic mass is 9.96. The Morgan fingerprint density at radius 1 is 0.927 bits per heavy atom. The van der Waals surface area contributed by atoms with Gasteiger partial charge in [0.05, 0.1) is 12.6 Å². The van der Waals surface area contributed by atoms with Gasteiger partial charge in [-0.05, 0) is 41.5 Å². The number of fused-ring (bicyclic) bond motifs is 1. The molecule has 0 saturated carbocycles. The number of aliphatic hydroxyl groups excluding tert-OH is 1. The van der Waals surface area contributed by atoms with E-state index in [1.54, 1.807) is 13.2 Å². The van der Waals surface area contributed by atoms with Crippen LogP contribution in [0.4, 0.5) is 0 Å². The molecule has 9 heteroatoms. The third-order valence-corrected chi connectivity index (χ3v) is 7.43. The number of benzene rings is 3. The van der Waals surface area contributed by atoms with Crippen molar-refractivity contribution in [2.75, 3.05) is 59.7 Å². The fourth-order valence-corrected chi connectivity index (χ4v) is 5.37. The molecule has 2 unspecified atom stereocenters. The molecule has 4 N–H and O–H groups in total. The van der Waals surface area contributed by atoms with Gasteiger partial charge in [0.25, 0.3) is 5.91 Å². The number of aromatic nitrogens is 1. The van der Waals surface area contributed by atoms with Gasteiger partial charge in [0, 0.05) is 50.7 Å². The molecule has 2 atom stereocenters. The molecule has 216 valence electrons. The van der Waals surface area contributed by atoms with E-state index in [2.05, 4.69) is 51.2 Å². The van der Waals surface area contributed by atoms with Crippen molar-refractivity contribution in [1.29, 1.82) is 0 Å². The van der Waals surface area contributed by atoms with Gasteiger partial charge >= 0.3 is 0 Å². The van der Waals surface area contributed by atoms with Crippen LogP contribution in [-0.4, -0.2) is 91.6 Å². The topological polar surface area (TPSA) is 113 Å². The average molecular weight is 559 g/mol. The summed E-state index contributed by atoms with van der Waals surface area (Å²) in [6, 6.07) is 26.2. The number of nitrogens with zero attached hydrogens (tertiary/aromatic N) is 2. The molecular formula is C32H38N4O5. The monoisotopic (exact) mass is 558 g/mol. The SMILES string of the molecule is COCCOc1ccc(C(c2ccccc2)N2CCN(CC(O)COc3cccc4[nH]c(C(N)=O)cc34)CC2)cc1. The molecule has 1 fully saturated rings. The highest BCUT2D eigenvalue weighted by molar-refractivity contribution is 5.98. The van der Waals surface area contributed by atoms with Gasteiger partial charge in [-0.3, -0.25) is 14.6 Å². The molecule has 2 heterocycles. The maximum absolute atomic E-state index is 11.5. The molecule has 0 aliphatic carbocycles. The number of primary amides is 1. The van der Waals surface area contributed by atoms with E-state index in [-0.39, 0.29) is 12.6 Å². The smallest absolute Gasteiger partial charge is 0.265 e. The van der Waals surface area contributed by atoms with Crippen LogP contribution in [-0.2, 0) is 4.74 Å². The predicted octanol–water partition coefficient (Wildman–Crippen LogP) is 3.44. The first-order valence-electron chi connectivity index (χ1n) is 14.0. The molecule has 9 nitrogen and oxygen atoms in total. The fourth-order valence-electron chi connectivity index (χ4n) is 5.37. The number of hydrogen-bond acceptors (Lipinski definition) is 7. The minimum Gasteiger partial charge on any atom is -0.491 e. The third kappa shape index (κ3) is 7.25. The molecule has 5 rings (SSSR count). The number of β-amino-alcohol motifs (C(OH)–C–C–N with tert-alkyl or cyclic N) is 1. The minimum atomic E-state index is -0.651. The summed E-state index contributed by atoms with van der Waals surface area (Å²) in [5, 5.41) is 11.5. The van der Waals surface area contributed by atoms with E-state index >= 15 is 0 Å². The maximum Gasteiger partial charge on any atom is 0.265 e. The zero-order valence-electron chi connectivity index (χ0n) is 23.4. The Bertz CT molecular complexity index is 1400. The average Bonchev–Trinajstić information content (AvgIpc) is 3.44. The number of hydrogen-bond donors (Lipinski definition) is 3. The van der Waals surface area contributed by atoms with Crippen molar-refractivity contribution in [2.24, 2.45) is 5.73 Å². The van der Waals surface area contributed by atoms with Gasteiger partial charge in [-0.2, -0.15) is 0 Å². The molecule has 1 saturated heterocycles. The molecule has 1 amide bonds. The van der Waals surface area contributed by atoms with Crippen LogP contribution in [0.15, 0.2) is 78.9 Å². The fraction of sp³-hybridized carbons (Fsp3) is 0.344. The summed E-state index contributed by atoms with van der Waals surface area (Å²) >= 11 is 0. The first-order valence-corrected chi connectivity index (χ1v) is 14.0. The molecule has 1 aliphatic rings. The number of H-pyrrole nitrogens is 1. The Kier molecular flexibility index (Phi) is 9.53. The molecule has 41 heavy (non-hydrogen) atoms. The standard InChI is InChI=1S/C32H38N4O5/c1-39-18-19-40-26-12-10-24(11-13-26)31(23-6-3-2-4-7-23)36-16-14-35(15-17-36)21-25(37)22-41-30-9-5-8-28-27(30)20-29(34-28)32(33)38/h2-13,20,25,31,34,37H,14-19,21-22H2,1H3,(H2,33,38). The van der Waals surface area contributed by atoms with Crippen LogP contribution in [0.3, 0.4) is 0 Å². The quantitative estimate of drug-likeness (QED) is 0.216. The first-order chi connectivity index (χ1) is 20.0. The van der Waals surface area contributed by atoms with Gasteiger partial charge in [0.2, 0.25) is 0 Å². The predicted molar refractivity (Wildman–Crippen MR) is 158 cm³/mol. The highest BCUT2D eigenvalue weighted by Crippen LogP contribution is 2.31. The van der Waals surface area contributed by atoms with Gasteiger partial charge in [-0.25, -0.2) is 0 Å². The summed E-state index contributed by atoms with van der Waals surface area (Å²) in [6.45, 7) is 5.18. The molecule has 1 aliphatic heterocycles. The van der Waals surface area contributed by atoms with E-state index in [1.165, 1.54) is 11.1 Å². The summed E-state index contributed by atoms with van der Waals surface area (Å²) < 4.78 is 16.8. The zero-order chi connectivity index (χ0) is 28.6. The molecular weight excluding hydrogens is 520 g/mol. The summed E-state index contributed by atoms with van der Waals surface area (Å²) in [5.74, 6) is 0.917. The van der Waals surface area contributed by atoms with E-state index in [0.717, 1.165) is 42.8 Å². The summed E-state index contributed by atoms with van der Waals surface area (Å²) in [6.07, 6.45) is -0.651. The maximum atomic E-state index is 11.5.